The van der Waals surface area contributed by atoms with Crippen LogP contribution in [0.3, 0.4) is 0 Å². The maximum atomic E-state index is 11.8. The third-order valence-electron chi connectivity index (χ3n) is 2.82. The zero-order valence-corrected chi connectivity index (χ0v) is 8.98. The molecule has 0 bridgehead atoms. The van der Waals surface area contributed by atoms with E-state index in [1.165, 1.54) is 0 Å². The highest BCUT2D eigenvalue weighted by Gasteiger charge is 2.42. The van der Waals surface area contributed by atoms with E-state index in [2.05, 4.69) is 12.1 Å². The Morgan fingerprint density at radius 3 is 3.13 bits per heavy atom. The Morgan fingerprint density at radius 1 is 1.33 bits per heavy atom. The number of hydrogen-bond donors (Lipinski definition) is 0. The van der Waals surface area contributed by atoms with Crippen molar-refractivity contribution < 1.29 is 9.09 Å². The van der Waals surface area contributed by atoms with Crippen LogP contribution in [0.2, 0.25) is 0 Å². The Bertz CT molecular complexity index is 488. The van der Waals surface area contributed by atoms with Crippen molar-refractivity contribution in [3.05, 3.63) is 53.4 Å². The van der Waals surface area contributed by atoms with E-state index >= 15 is 0 Å². The number of allylic oxidation sites excluding steroid dienone is 4. The number of para-hydroxylation sites is 1. The zero-order valence-electron chi connectivity index (χ0n) is 8.09. The predicted octanol–water partition coefficient (Wildman–Crippen LogP) is 3.75. The van der Waals surface area contributed by atoms with Gasteiger partial charge in [0.05, 0.1) is 5.92 Å². The van der Waals surface area contributed by atoms with E-state index in [0.29, 0.717) is 0 Å². The summed E-state index contributed by atoms with van der Waals surface area (Å²) in [7, 11) is -1.68. The molecular formula is C12H10O2P+. The molecule has 3 rings (SSSR count). The van der Waals surface area contributed by atoms with Crippen LogP contribution in [-0.4, -0.2) is 0 Å². The molecule has 0 radical (unpaired) electrons. The third-order valence-corrected chi connectivity index (χ3v) is 4.06. The fourth-order valence-corrected chi connectivity index (χ4v) is 3.24. The first-order chi connectivity index (χ1) is 7.36. The highest BCUT2D eigenvalue weighted by atomic mass is 31.1. The normalized spacial score (nSPS) is 24.9. The average Bonchev–Trinajstić information content (AvgIpc) is 2.30. The number of hydrogen-bond acceptors (Lipinski definition) is 2. The second kappa shape index (κ2) is 3.32. The second-order valence-electron chi connectivity index (χ2n) is 3.69. The van der Waals surface area contributed by atoms with E-state index < -0.39 is 8.03 Å². The molecule has 2 aliphatic rings. The van der Waals surface area contributed by atoms with E-state index in [4.69, 9.17) is 4.52 Å². The molecule has 1 aromatic carbocycles. The van der Waals surface area contributed by atoms with Gasteiger partial charge in [0.15, 0.2) is 5.75 Å². The number of fused-ring (bicyclic) bond motifs is 3. The van der Waals surface area contributed by atoms with Crippen molar-refractivity contribution in [3.63, 3.8) is 0 Å². The highest BCUT2D eigenvalue weighted by molar-refractivity contribution is 7.44. The van der Waals surface area contributed by atoms with E-state index in [-0.39, 0.29) is 5.92 Å². The molecule has 3 heteroatoms. The van der Waals surface area contributed by atoms with Crippen LogP contribution in [-0.2, 0) is 4.57 Å². The highest BCUT2D eigenvalue weighted by Crippen LogP contribution is 2.53. The summed E-state index contributed by atoms with van der Waals surface area (Å²) in [4.78, 5) is 0. The van der Waals surface area contributed by atoms with Gasteiger partial charge in [-0.2, -0.15) is 0 Å². The maximum absolute atomic E-state index is 11.8. The zero-order chi connectivity index (χ0) is 10.3. The lowest BCUT2D eigenvalue weighted by Crippen LogP contribution is -2.09. The molecule has 0 spiro atoms. The van der Waals surface area contributed by atoms with Crippen LogP contribution in [0.1, 0.15) is 17.9 Å². The topological polar surface area (TPSA) is 26.3 Å². The Labute approximate surface area is 89.1 Å². The molecule has 1 aliphatic carbocycles. The largest absolute Gasteiger partial charge is 0.593 e. The van der Waals surface area contributed by atoms with Crippen LogP contribution in [0.25, 0.3) is 0 Å². The minimum Gasteiger partial charge on any atom is -0.250 e. The fourth-order valence-electron chi connectivity index (χ4n) is 2.09. The minimum absolute atomic E-state index is 0.253. The smallest absolute Gasteiger partial charge is 0.250 e. The fraction of sp³-hybridized carbons (Fsp3) is 0.167. The van der Waals surface area contributed by atoms with Crippen LogP contribution in [0, 0.1) is 0 Å². The van der Waals surface area contributed by atoms with E-state index in [1.807, 2.05) is 30.4 Å². The molecule has 0 fully saturated rings. The summed E-state index contributed by atoms with van der Waals surface area (Å²) in [5.41, 5.74) is 1.16. The van der Waals surface area contributed by atoms with E-state index in [9.17, 15) is 4.57 Å². The van der Waals surface area contributed by atoms with Crippen LogP contribution in [0.5, 0.6) is 5.75 Å². The molecule has 2 nitrogen and oxygen atoms in total. The predicted molar refractivity (Wildman–Crippen MR) is 59.3 cm³/mol. The summed E-state index contributed by atoms with van der Waals surface area (Å²) in [6, 6.07) is 7.85. The summed E-state index contributed by atoms with van der Waals surface area (Å²) in [5, 5.41) is 0.922. The molecule has 1 aromatic rings. The lowest BCUT2D eigenvalue weighted by atomic mass is 9.91. The summed E-state index contributed by atoms with van der Waals surface area (Å²) in [6.07, 6.45) is 6.91. The molecule has 0 amide bonds. The van der Waals surface area contributed by atoms with Gasteiger partial charge in [0, 0.05) is 5.56 Å². The van der Waals surface area contributed by atoms with Crippen molar-refractivity contribution in [2.24, 2.45) is 0 Å². The number of benzene rings is 1. The molecular weight excluding hydrogens is 207 g/mol. The Hall–Kier alpha value is -1.40. The molecule has 74 valence electrons. The maximum Gasteiger partial charge on any atom is 0.593 e. The minimum atomic E-state index is -1.68. The molecule has 1 aliphatic heterocycles. The van der Waals surface area contributed by atoms with Gasteiger partial charge in [-0.1, -0.05) is 30.4 Å². The number of rotatable bonds is 0. The van der Waals surface area contributed by atoms with Gasteiger partial charge in [0.1, 0.15) is 0 Å². The van der Waals surface area contributed by atoms with Gasteiger partial charge in [-0.3, -0.25) is 4.52 Å². The summed E-state index contributed by atoms with van der Waals surface area (Å²) >= 11 is 0. The van der Waals surface area contributed by atoms with Crippen LogP contribution in [0.15, 0.2) is 47.8 Å². The second-order valence-corrected chi connectivity index (χ2v) is 4.91. The molecule has 0 saturated carbocycles. The SMILES string of the molecule is O=[P+]1Oc2ccccc2C2CC=CC=C21. The van der Waals surface area contributed by atoms with Crippen molar-refractivity contribution in [1.82, 2.24) is 0 Å². The molecule has 0 N–H and O–H groups in total. The lowest BCUT2D eigenvalue weighted by molar-refractivity contribution is 0.491. The molecule has 2 unspecified atom stereocenters. The monoisotopic (exact) mass is 217 g/mol. The van der Waals surface area contributed by atoms with Crippen molar-refractivity contribution >= 4 is 8.03 Å². The standard InChI is InChI=1S/C12H10O2P/c13-15-12-8-4-2-6-10(12)9-5-1-3-7-11(9)14-15/h1-5,7-8,10H,6H2/q+1. The summed E-state index contributed by atoms with van der Waals surface area (Å²) in [6.45, 7) is 0. The van der Waals surface area contributed by atoms with Gasteiger partial charge in [-0.25, -0.2) is 0 Å². The molecule has 0 aromatic heterocycles. The van der Waals surface area contributed by atoms with E-state index in [1.54, 1.807) is 0 Å². The Balaban J connectivity index is 2.17. The van der Waals surface area contributed by atoms with Crippen LogP contribution in [0.4, 0.5) is 0 Å². The average molecular weight is 217 g/mol. The summed E-state index contributed by atoms with van der Waals surface area (Å²) < 4.78 is 17.2. The van der Waals surface area contributed by atoms with Crippen molar-refractivity contribution in [1.29, 1.82) is 0 Å². The molecule has 2 atom stereocenters. The van der Waals surface area contributed by atoms with Gasteiger partial charge in [0.25, 0.3) is 0 Å². The Morgan fingerprint density at radius 2 is 2.20 bits per heavy atom. The molecule has 0 saturated heterocycles. The van der Waals surface area contributed by atoms with Crippen LogP contribution >= 0.6 is 8.03 Å². The van der Waals surface area contributed by atoms with E-state index in [0.717, 1.165) is 23.0 Å². The lowest BCUT2D eigenvalue weighted by Gasteiger charge is -2.19. The first kappa shape index (κ1) is 8.87. The third kappa shape index (κ3) is 1.33. The first-order valence-corrected chi connectivity index (χ1v) is 6.15. The van der Waals surface area contributed by atoms with Crippen molar-refractivity contribution in [3.8, 4) is 5.75 Å². The van der Waals surface area contributed by atoms with Crippen molar-refractivity contribution in [2.45, 2.75) is 12.3 Å². The van der Waals surface area contributed by atoms with Crippen LogP contribution < -0.4 is 4.52 Å². The molecule has 1 heterocycles. The molecule has 15 heavy (non-hydrogen) atoms. The quantitative estimate of drug-likeness (QED) is 0.618. The summed E-state index contributed by atoms with van der Waals surface area (Å²) in [5.74, 6) is 1.03. The Kier molecular flexibility index (Phi) is 1.96. The van der Waals surface area contributed by atoms with Gasteiger partial charge < -0.3 is 0 Å². The van der Waals surface area contributed by atoms with Gasteiger partial charge in [-0.15, -0.1) is 0 Å². The van der Waals surface area contributed by atoms with Gasteiger partial charge >= 0.3 is 8.03 Å². The van der Waals surface area contributed by atoms with Gasteiger partial charge in [0.2, 0.25) is 5.31 Å². The van der Waals surface area contributed by atoms with Crippen molar-refractivity contribution in [2.75, 3.05) is 0 Å². The first-order valence-electron chi connectivity index (χ1n) is 4.97. The van der Waals surface area contributed by atoms with Gasteiger partial charge in [-0.05, 0) is 23.1 Å².